The maximum absolute atomic E-state index is 11.3. The Morgan fingerprint density at radius 2 is 1.79 bits per heavy atom. The fourth-order valence-corrected chi connectivity index (χ4v) is 5.13. The van der Waals surface area contributed by atoms with Crippen molar-refractivity contribution in [2.24, 2.45) is 4.99 Å². The van der Waals surface area contributed by atoms with Crippen LogP contribution in [0.4, 0.5) is 0 Å². The van der Waals surface area contributed by atoms with E-state index in [-0.39, 0.29) is 12.0 Å². The zero-order valence-corrected chi connectivity index (χ0v) is 20.2. The zero-order chi connectivity index (χ0) is 24.5. The normalized spacial score (nSPS) is 21.7. The molecule has 0 saturated heterocycles. The standard InChI is InChI=1S/C22H27N3O8S/c1-5-32-19-9-13-14-8-12(33-34(26,27)28)6-7-17(14)23-21(15(13)10-18(19)29-2)16-11-20(30-3)24-25-22(16)31-4/h9-12,14,17H,5-8H2,1-4H3,(H,26,27,28)/t12-,14-,17-/m1/s1. The molecular weight excluding hydrogens is 466 g/mol. The number of fused-ring (bicyclic) bond motifs is 3. The van der Waals surface area contributed by atoms with Crippen LogP contribution in [-0.2, 0) is 14.6 Å². The van der Waals surface area contributed by atoms with Gasteiger partial charge in [-0.05, 0) is 43.9 Å². The van der Waals surface area contributed by atoms with E-state index < -0.39 is 16.5 Å². The van der Waals surface area contributed by atoms with Crippen LogP contribution < -0.4 is 18.9 Å². The smallest absolute Gasteiger partial charge is 0.397 e. The lowest BCUT2D eigenvalue weighted by Crippen LogP contribution is -2.36. The summed E-state index contributed by atoms with van der Waals surface area (Å²) in [6, 6.07) is 5.30. The monoisotopic (exact) mass is 493 g/mol. The molecule has 0 radical (unpaired) electrons. The van der Waals surface area contributed by atoms with Crippen LogP contribution in [0.2, 0.25) is 0 Å². The Kier molecular flexibility index (Phi) is 6.91. The number of ether oxygens (including phenoxy) is 4. The van der Waals surface area contributed by atoms with Crippen LogP contribution in [0.3, 0.4) is 0 Å². The van der Waals surface area contributed by atoms with Crippen molar-refractivity contribution >= 4 is 16.1 Å². The van der Waals surface area contributed by atoms with Crippen LogP contribution >= 0.6 is 0 Å². The molecule has 0 amide bonds. The second-order valence-electron chi connectivity index (χ2n) is 7.94. The van der Waals surface area contributed by atoms with Gasteiger partial charge in [-0.1, -0.05) is 0 Å². The molecule has 0 spiro atoms. The summed E-state index contributed by atoms with van der Waals surface area (Å²) in [5, 5.41) is 8.10. The molecule has 1 fully saturated rings. The van der Waals surface area contributed by atoms with Gasteiger partial charge in [-0.15, -0.1) is 10.2 Å². The third kappa shape index (κ3) is 4.79. The van der Waals surface area contributed by atoms with Crippen molar-refractivity contribution in [3.05, 3.63) is 34.9 Å². The minimum Gasteiger partial charge on any atom is -0.493 e. The van der Waals surface area contributed by atoms with Crippen molar-refractivity contribution in [3.63, 3.8) is 0 Å². The maximum Gasteiger partial charge on any atom is 0.397 e. The van der Waals surface area contributed by atoms with Crippen LogP contribution in [0.5, 0.6) is 23.3 Å². The third-order valence-corrected chi connectivity index (χ3v) is 6.52. The van der Waals surface area contributed by atoms with Gasteiger partial charge in [0.25, 0.3) is 0 Å². The van der Waals surface area contributed by atoms with Gasteiger partial charge in [-0.2, -0.15) is 8.42 Å². The Labute approximate surface area is 198 Å². The van der Waals surface area contributed by atoms with Gasteiger partial charge >= 0.3 is 10.4 Å². The summed E-state index contributed by atoms with van der Waals surface area (Å²) < 4.78 is 58.9. The molecule has 1 aliphatic heterocycles. The second kappa shape index (κ2) is 9.72. The van der Waals surface area contributed by atoms with Crippen LogP contribution in [0, 0.1) is 0 Å². The first-order valence-corrected chi connectivity index (χ1v) is 12.2. The molecule has 3 atom stereocenters. The highest BCUT2D eigenvalue weighted by Gasteiger charge is 2.40. The molecule has 11 nitrogen and oxygen atoms in total. The predicted octanol–water partition coefficient (Wildman–Crippen LogP) is 2.58. The Morgan fingerprint density at radius 1 is 1.00 bits per heavy atom. The molecular formula is C22H27N3O8S. The quantitative estimate of drug-likeness (QED) is 0.546. The predicted molar refractivity (Wildman–Crippen MR) is 122 cm³/mol. The molecule has 4 rings (SSSR count). The molecule has 0 unspecified atom stereocenters. The molecule has 34 heavy (non-hydrogen) atoms. The Bertz CT molecular complexity index is 1200. The molecule has 184 valence electrons. The highest BCUT2D eigenvalue weighted by atomic mass is 32.3. The molecule has 1 aromatic carbocycles. The van der Waals surface area contributed by atoms with E-state index >= 15 is 0 Å². The molecule has 0 bridgehead atoms. The summed E-state index contributed by atoms with van der Waals surface area (Å²) in [6.45, 7) is 2.32. The molecule has 1 N–H and O–H groups in total. The maximum atomic E-state index is 11.3. The third-order valence-electron chi connectivity index (χ3n) is 6.00. The number of aliphatic imine (C=N–C) groups is 1. The van der Waals surface area contributed by atoms with Crippen molar-refractivity contribution in [2.45, 2.75) is 44.2 Å². The van der Waals surface area contributed by atoms with Crippen molar-refractivity contribution in [1.29, 1.82) is 0 Å². The van der Waals surface area contributed by atoms with Crippen molar-refractivity contribution in [3.8, 4) is 23.3 Å². The Hall–Kier alpha value is -2.96. The van der Waals surface area contributed by atoms with Gasteiger partial charge in [0, 0.05) is 17.5 Å². The number of nitrogens with zero attached hydrogens (tertiary/aromatic N) is 3. The van der Waals surface area contributed by atoms with Gasteiger partial charge in [0.15, 0.2) is 11.5 Å². The van der Waals surface area contributed by atoms with Crippen molar-refractivity contribution < 1.29 is 36.1 Å². The summed E-state index contributed by atoms with van der Waals surface area (Å²) in [4.78, 5) is 5.03. The van der Waals surface area contributed by atoms with Gasteiger partial charge in [0.1, 0.15) is 0 Å². The summed E-state index contributed by atoms with van der Waals surface area (Å²) in [7, 11) is -0.00207. The number of benzene rings is 1. The largest absolute Gasteiger partial charge is 0.493 e. The lowest BCUT2D eigenvalue weighted by atomic mass is 9.74. The van der Waals surface area contributed by atoms with E-state index in [1.54, 1.807) is 13.2 Å². The molecule has 1 aromatic heterocycles. The molecule has 12 heteroatoms. The summed E-state index contributed by atoms with van der Waals surface area (Å²) in [5.41, 5.74) is 2.91. The minimum absolute atomic E-state index is 0.157. The average molecular weight is 494 g/mol. The molecule has 1 saturated carbocycles. The van der Waals surface area contributed by atoms with Crippen molar-refractivity contribution in [1.82, 2.24) is 10.2 Å². The van der Waals surface area contributed by atoms with E-state index in [9.17, 15) is 13.0 Å². The van der Waals surface area contributed by atoms with E-state index in [4.69, 9.17) is 28.1 Å². The zero-order valence-electron chi connectivity index (χ0n) is 19.3. The minimum atomic E-state index is -4.56. The van der Waals surface area contributed by atoms with Crippen LogP contribution in [0.1, 0.15) is 48.8 Å². The number of methoxy groups -OCH3 is 3. The lowest BCUT2D eigenvalue weighted by molar-refractivity contribution is 0.124. The van der Waals surface area contributed by atoms with Crippen LogP contribution in [0.15, 0.2) is 23.2 Å². The van der Waals surface area contributed by atoms with Gasteiger partial charge in [-0.3, -0.25) is 9.55 Å². The Morgan fingerprint density at radius 3 is 2.44 bits per heavy atom. The van der Waals surface area contributed by atoms with Gasteiger partial charge in [-0.25, -0.2) is 4.18 Å². The number of hydrogen-bond acceptors (Lipinski definition) is 10. The van der Waals surface area contributed by atoms with Crippen LogP contribution in [-0.4, -0.2) is 69.0 Å². The van der Waals surface area contributed by atoms with E-state index in [2.05, 4.69) is 10.2 Å². The first-order chi connectivity index (χ1) is 16.3. The molecule has 2 heterocycles. The fraction of sp³-hybridized carbons (Fsp3) is 0.500. The van der Waals surface area contributed by atoms with Crippen LogP contribution in [0.25, 0.3) is 0 Å². The summed E-state index contributed by atoms with van der Waals surface area (Å²) in [6.07, 6.45) is 0.690. The highest BCUT2D eigenvalue weighted by Crippen LogP contribution is 2.46. The lowest BCUT2D eigenvalue weighted by Gasteiger charge is -2.38. The molecule has 2 aliphatic rings. The van der Waals surface area contributed by atoms with Gasteiger partial charge in [0.05, 0.1) is 51.4 Å². The van der Waals surface area contributed by atoms with Gasteiger partial charge in [0.2, 0.25) is 11.8 Å². The summed E-state index contributed by atoms with van der Waals surface area (Å²) in [5.74, 6) is 1.54. The first kappa shape index (κ1) is 24.2. The van der Waals surface area contributed by atoms with E-state index in [1.807, 2.05) is 19.1 Å². The number of aromatic nitrogens is 2. The Balaban J connectivity index is 1.87. The SMILES string of the molecule is CCOc1cc2c(cc1OC)C(c1cc(OC)nnc1OC)=N[C@@H]1CC[C@@H](OS(=O)(=O)O)C[C@H]21. The summed E-state index contributed by atoms with van der Waals surface area (Å²) >= 11 is 0. The topological polar surface area (TPSA) is 139 Å². The van der Waals surface area contributed by atoms with Gasteiger partial charge < -0.3 is 18.9 Å². The molecule has 2 aromatic rings. The average Bonchev–Trinajstić information content (AvgIpc) is 2.82. The number of hydrogen-bond donors (Lipinski definition) is 1. The van der Waals surface area contributed by atoms with Crippen molar-refractivity contribution in [2.75, 3.05) is 27.9 Å². The second-order valence-corrected chi connectivity index (χ2v) is 8.99. The highest BCUT2D eigenvalue weighted by molar-refractivity contribution is 7.80. The first-order valence-electron chi connectivity index (χ1n) is 10.8. The van der Waals surface area contributed by atoms with E-state index in [1.165, 1.54) is 14.2 Å². The number of rotatable bonds is 8. The fourth-order valence-electron chi connectivity index (χ4n) is 4.61. The molecule has 1 aliphatic carbocycles. The van der Waals surface area contributed by atoms with E-state index in [0.29, 0.717) is 60.4 Å². The van der Waals surface area contributed by atoms with E-state index in [0.717, 1.165) is 11.1 Å².